The number of hydrogen-bond acceptors (Lipinski definition) is 5. The fraction of sp³-hybridized carbons (Fsp3) is 0.250. The summed E-state index contributed by atoms with van der Waals surface area (Å²) in [6.07, 6.45) is 0. The first-order valence-corrected chi connectivity index (χ1v) is 13.4. The molecule has 6 nitrogen and oxygen atoms in total. The monoisotopic (exact) mass is 473 g/mol. The van der Waals surface area contributed by atoms with Crippen LogP contribution in [0.2, 0.25) is 0 Å². The van der Waals surface area contributed by atoms with E-state index in [0.717, 1.165) is 5.56 Å². The molecule has 0 amide bonds. The molecule has 0 unspecified atom stereocenters. The SMILES string of the molecule is CCOP(=O)(OCC)C(NS(=O)(=O)c1ccc(C)cc1)(c1ccccc1)c1ccccc1. The second-order valence-electron chi connectivity index (χ2n) is 7.19. The van der Waals surface area contributed by atoms with E-state index in [1.165, 1.54) is 12.1 Å². The second kappa shape index (κ2) is 10.1. The minimum Gasteiger partial charge on any atom is -0.307 e. The van der Waals surface area contributed by atoms with Gasteiger partial charge in [-0.05, 0) is 44.0 Å². The predicted octanol–water partition coefficient (Wildman–Crippen LogP) is 5.44. The normalized spacial score (nSPS) is 12.6. The molecule has 0 atom stereocenters. The molecule has 0 radical (unpaired) electrons. The molecule has 0 fully saturated rings. The van der Waals surface area contributed by atoms with Crippen molar-refractivity contribution >= 4 is 17.6 Å². The molecule has 0 saturated heterocycles. The maximum atomic E-state index is 14.4. The van der Waals surface area contributed by atoms with Crippen molar-refractivity contribution in [1.29, 1.82) is 0 Å². The molecule has 3 aromatic carbocycles. The van der Waals surface area contributed by atoms with Crippen LogP contribution >= 0.6 is 7.60 Å². The minimum atomic E-state index is -4.13. The number of aryl methyl sites for hydroxylation is 1. The molecule has 170 valence electrons. The van der Waals surface area contributed by atoms with Gasteiger partial charge >= 0.3 is 7.60 Å². The summed E-state index contributed by atoms with van der Waals surface area (Å²) in [7, 11) is -8.25. The topological polar surface area (TPSA) is 81.7 Å². The van der Waals surface area contributed by atoms with Crippen molar-refractivity contribution in [2.45, 2.75) is 30.9 Å². The third kappa shape index (κ3) is 4.72. The molecule has 0 heterocycles. The van der Waals surface area contributed by atoms with Crippen LogP contribution in [0, 0.1) is 6.92 Å². The van der Waals surface area contributed by atoms with Gasteiger partial charge in [0, 0.05) is 0 Å². The molecule has 0 aliphatic carbocycles. The highest BCUT2D eigenvalue weighted by molar-refractivity contribution is 7.90. The third-order valence-electron chi connectivity index (χ3n) is 5.01. The van der Waals surface area contributed by atoms with Gasteiger partial charge in [0.25, 0.3) is 0 Å². The Hall–Kier alpha value is -2.28. The Morgan fingerprint density at radius 3 is 1.62 bits per heavy atom. The van der Waals surface area contributed by atoms with E-state index in [2.05, 4.69) is 4.72 Å². The lowest BCUT2D eigenvalue weighted by molar-refractivity contribution is 0.199. The zero-order chi connectivity index (χ0) is 23.2. The van der Waals surface area contributed by atoms with Crippen molar-refractivity contribution in [2.24, 2.45) is 0 Å². The summed E-state index contributed by atoms with van der Waals surface area (Å²) >= 11 is 0. The number of hydrogen-bond donors (Lipinski definition) is 1. The van der Waals surface area contributed by atoms with Gasteiger partial charge in [-0.2, -0.15) is 4.72 Å². The highest BCUT2D eigenvalue weighted by atomic mass is 32.2. The van der Waals surface area contributed by atoms with Gasteiger partial charge in [0.05, 0.1) is 18.1 Å². The summed E-state index contributed by atoms with van der Waals surface area (Å²) in [6.45, 7) is 5.41. The quantitative estimate of drug-likeness (QED) is 0.397. The summed E-state index contributed by atoms with van der Waals surface area (Å²) in [5.41, 5.74) is 1.83. The molecule has 0 aliphatic rings. The van der Waals surface area contributed by atoms with Gasteiger partial charge in [-0.3, -0.25) is 4.57 Å². The van der Waals surface area contributed by atoms with Crippen LogP contribution in [0.15, 0.2) is 89.8 Å². The Kier molecular flexibility index (Phi) is 7.70. The van der Waals surface area contributed by atoms with Crippen LogP contribution in [-0.2, 0) is 28.9 Å². The summed E-state index contributed by atoms with van der Waals surface area (Å²) in [6, 6.07) is 24.0. The van der Waals surface area contributed by atoms with Gasteiger partial charge in [-0.1, -0.05) is 78.4 Å². The first kappa shape index (κ1) is 24.4. The fourth-order valence-electron chi connectivity index (χ4n) is 3.56. The maximum Gasteiger partial charge on any atom is 0.360 e. The van der Waals surface area contributed by atoms with Crippen molar-refractivity contribution in [3.05, 3.63) is 102 Å². The van der Waals surface area contributed by atoms with Crippen LogP contribution in [0.1, 0.15) is 30.5 Å². The highest BCUT2D eigenvalue weighted by Crippen LogP contribution is 2.66. The lowest BCUT2D eigenvalue weighted by Crippen LogP contribution is -2.47. The second-order valence-corrected chi connectivity index (χ2v) is 11.1. The van der Waals surface area contributed by atoms with E-state index < -0.39 is 22.9 Å². The van der Waals surface area contributed by atoms with Crippen LogP contribution < -0.4 is 4.72 Å². The van der Waals surface area contributed by atoms with E-state index in [1.54, 1.807) is 86.6 Å². The van der Waals surface area contributed by atoms with E-state index >= 15 is 0 Å². The van der Waals surface area contributed by atoms with Crippen molar-refractivity contribution in [1.82, 2.24) is 4.72 Å². The van der Waals surface area contributed by atoms with E-state index in [1.807, 2.05) is 6.92 Å². The van der Waals surface area contributed by atoms with E-state index in [0.29, 0.717) is 11.1 Å². The standard InChI is InChI=1S/C24H28NO5PS/c1-4-29-31(26,30-5-2)24(21-12-8-6-9-13-21,22-14-10-7-11-15-22)25-32(27,28)23-18-16-20(3)17-19-23/h6-19,25H,4-5H2,1-3H3. The van der Waals surface area contributed by atoms with Crippen LogP contribution in [0.3, 0.4) is 0 Å². The first-order valence-electron chi connectivity index (χ1n) is 10.4. The average Bonchev–Trinajstić information content (AvgIpc) is 2.79. The van der Waals surface area contributed by atoms with Gasteiger partial charge in [0.2, 0.25) is 10.0 Å². The maximum absolute atomic E-state index is 14.4. The Labute approximate surface area is 190 Å². The fourth-order valence-corrected chi connectivity index (χ4v) is 7.67. The summed E-state index contributed by atoms with van der Waals surface area (Å²) in [4.78, 5) is 0.0545. The lowest BCUT2D eigenvalue weighted by atomic mass is 9.99. The molecule has 0 aromatic heterocycles. The minimum absolute atomic E-state index is 0.0545. The zero-order valence-electron chi connectivity index (χ0n) is 18.4. The molecule has 8 heteroatoms. The Morgan fingerprint density at radius 2 is 1.22 bits per heavy atom. The van der Waals surface area contributed by atoms with Crippen LogP contribution in [0.25, 0.3) is 0 Å². The van der Waals surface area contributed by atoms with Crippen LogP contribution in [0.5, 0.6) is 0 Å². The summed E-state index contributed by atoms with van der Waals surface area (Å²) in [5.74, 6) is 0. The van der Waals surface area contributed by atoms with Crippen LogP contribution in [0.4, 0.5) is 0 Å². The molecular formula is C24H28NO5PS. The van der Waals surface area contributed by atoms with Gasteiger partial charge in [-0.15, -0.1) is 0 Å². The van der Waals surface area contributed by atoms with Gasteiger partial charge < -0.3 is 9.05 Å². The molecular weight excluding hydrogens is 445 g/mol. The molecule has 3 rings (SSSR count). The Balaban J connectivity index is 2.35. The first-order chi connectivity index (χ1) is 15.3. The summed E-state index contributed by atoms with van der Waals surface area (Å²) in [5, 5.41) is -1.80. The van der Waals surface area contributed by atoms with Crippen molar-refractivity contribution in [3.63, 3.8) is 0 Å². The van der Waals surface area contributed by atoms with Gasteiger partial charge in [-0.25, -0.2) is 8.42 Å². The predicted molar refractivity (Wildman–Crippen MR) is 126 cm³/mol. The lowest BCUT2D eigenvalue weighted by Gasteiger charge is -2.40. The molecule has 32 heavy (non-hydrogen) atoms. The van der Waals surface area contributed by atoms with Gasteiger partial charge in [0.15, 0.2) is 5.28 Å². The smallest absolute Gasteiger partial charge is 0.307 e. The van der Waals surface area contributed by atoms with E-state index in [4.69, 9.17) is 9.05 Å². The average molecular weight is 474 g/mol. The molecule has 1 N–H and O–H groups in total. The Bertz CT molecular complexity index is 1120. The van der Waals surface area contributed by atoms with Gasteiger partial charge in [0.1, 0.15) is 0 Å². The van der Waals surface area contributed by atoms with Crippen molar-refractivity contribution in [2.75, 3.05) is 13.2 Å². The molecule has 0 spiro atoms. The number of rotatable bonds is 10. The molecule has 0 bridgehead atoms. The van der Waals surface area contributed by atoms with Crippen molar-refractivity contribution < 1.29 is 22.0 Å². The zero-order valence-corrected chi connectivity index (χ0v) is 20.1. The third-order valence-corrected chi connectivity index (χ3v) is 9.27. The summed E-state index contributed by atoms with van der Waals surface area (Å²) < 4.78 is 55.9. The highest BCUT2D eigenvalue weighted by Gasteiger charge is 2.56. The largest absolute Gasteiger partial charge is 0.360 e. The van der Waals surface area contributed by atoms with E-state index in [-0.39, 0.29) is 18.1 Å². The number of nitrogens with one attached hydrogen (secondary N) is 1. The number of benzene rings is 3. The van der Waals surface area contributed by atoms with E-state index in [9.17, 15) is 13.0 Å². The molecule has 3 aromatic rings. The van der Waals surface area contributed by atoms with Crippen LogP contribution in [-0.4, -0.2) is 21.6 Å². The van der Waals surface area contributed by atoms with Crippen molar-refractivity contribution in [3.8, 4) is 0 Å². The molecule has 0 aliphatic heterocycles. The Morgan fingerprint density at radius 1 is 0.781 bits per heavy atom. The number of sulfonamides is 1. The molecule has 0 saturated carbocycles.